The summed E-state index contributed by atoms with van der Waals surface area (Å²) in [6.45, 7) is 1.96. The maximum atomic E-state index is 13.2. The van der Waals surface area contributed by atoms with Crippen molar-refractivity contribution in [1.29, 1.82) is 0 Å². The van der Waals surface area contributed by atoms with E-state index in [0.717, 1.165) is 18.8 Å². The van der Waals surface area contributed by atoms with Gasteiger partial charge in [-0.15, -0.1) is 0 Å². The van der Waals surface area contributed by atoms with Crippen molar-refractivity contribution in [2.45, 2.75) is 12.6 Å². The van der Waals surface area contributed by atoms with Crippen LogP contribution in [-0.4, -0.2) is 48.7 Å². The van der Waals surface area contributed by atoms with Gasteiger partial charge < -0.3 is 9.72 Å². The molecule has 4 heterocycles. The first-order chi connectivity index (χ1) is 14.2. The van der Waals surface area contributed by atoms with E-state index in [4.69, 9.17) is 4.74 Å². The minimum absolute atomic E-state index is 0.0934. The van der Waals surface area contributed by atoms with Gasteiger partial charge in [-0.05, 0) is 36.4 Å². The van der Waals surface area contributed by atoms with Crippen LogP contribution in [0.5, 0.6) is 5.75 Å². The summed E-state index contributed by atoms with van der Waals surface area (Å²) < 4.78 is 20.6. The predicted octanol–water partition coefficient (Wildman–Crippen LogP) is 1.88. The number of H-pyrrole nitrogens is 1. The van der Waals surface area contributed by atoms with Gasteiger partial charge in [-0.3, -0.25) is 14.7 Å². The van der Waals surface area contributed by atoms with Gasteiger partial charge in [-0.2, -0.15) is 5.10 Å². The monoisotopic (exact) mass is 392 g/mol. The molecule has 3 aromatic heterocycles. The van der Waals surface area contributed by atoms with Crippen molar-refractivity contribution < 1.29 is 9.13 Å². The Hall–Kier alpha value is -3.59. The Morgan fingerprint density at radius 3 is 2.66 bits per heavy atom. The number of halogens is 1. The molecule has 1 aliphatic heterocycles. The highest BCUT2D eigenvalue weighted by molar-refractivity contribution is 5.60. The molecule has 1 saturated heterocycles. The van der Waals surface area contributed by atoms with E-state index in [-0.39, 0.29) is 17.5 Å². The Labute approximate surface area is 164 Å². The van der Waals surface area contributed by atoms with Gasteiger partial charge in [0.15, 0.2) is 11.3 Å². The number of nitrogens with zero attached hydrogens (tertiary/aromatic N) is 5. The lowest BCUT2D eigenvalue weighted by Gasteiger charge is -2.38. The second-order valence-electron chi connectivity index (χ2n) is 6.90. The van der Waals surface area contributed by atoms with Crippen molar-refractivity contribution in [1.82, 2.24) is 29.5 Å². The first kappa shape index (κ1) is 17.5. The molecule has 0 bridgehead atoms. The maximum Gasteiger partial charge on any atom is 0.277 e. The molecule has 0 saturated carbocycles. The van der Waals surface area contributed by atoms with E-state index < -0.39 is 0 Å². The number of aromatic amines is 1. The smallest absolute Gasteiger partial charge is 0.277 e. The zero-order valence-electron chi connectivity index (χ0n) is 15.3. The van der Waals surface area contributed by atoms with E-state index in [9.17, 15) is 9.18 Å². The number of rotatable bonds is 5. The highest BCUT2D eigenvalue weighted by Crippen LogP contribution is 2.20. The van der Waals surface area contributed by atoms with E-state index in [1.54, 1.807) is 24.5 Å². The lowest BCUT2D eigenvalue weighted by atomic mass is 10.1. The number of hydrogen-bond donors (Lipinski definition) is 1. The maximum absolute atomic E-state index is 13.2. The van der Waals surface area contributed by atoms with E-state index in [0.29, 0.717) is 29.3 Å². The molecule has 0 radical (unpaired) electrons. The van der Waals surface area contributed by atoms with Crippen molar-refractivity contribution in [2.75, 3.05) is 13.1 Å². The third kappa shape index (κ3) is 3.47. The molecule has 5 rings (SSSR count). The fourth-order valence-electron chi connectivity index (χ4n) is 3.36. The summed E-state index contributed by atoms with van der Waals surface area (Å²) in [7, 11) is 0. The van der Waals surface area contributed by atoms with Crippen LogP contribution in [0.3, 0.4) is 0 Å². The second kappa shape index (κ2) is 7.10. The lowest BCUT2D eigenvalue weighted by molar-refractivity contribution is 0.0127. The molecule has 0 unspecified atom stereocenters. The van der Waals surface area contributed by atoms with Gasteiger partial charge >= 0.3 is 0 Å². The van der Waals surface area contributed by atoms with Gasteiger partial charge in [0.25, 0.3) is 5.56 Å². The number of nitrogens with one attached hydrogen (secondary N) is 1. The number of hydrogen-bond acceptors (Lipinski definition) is 6. The van der Waals surface area contributed by atoms with Crippen LogP contribution in [0.1, 0.15) is 5.82 Å². The number of imidazole rings is 1. The van der Waals surface area contributed by atoms with Gasteiger partial charge in [0.05, 0.1) is 12.7 Å². The van der Waals surface area contributed by atoms with E-state index in [1.165, 1.54) is 22.8 Å². The van der Waals surface area contributed by atoms with E-state index in [2.05, 4.69) is 25.0 Å². The van der Waals surface area contributed by atoms with Crippen molar-refractivity contribution in [3.8, 4) is 17.1 Å². The number of fused-ring (bicyclic) bond motifs is 1. The number of pyridine rings is 1. The third-order valence-electron chi connectivity index (χ3n) is 4.80. The molecule has 1 fully saturated rings. The first-order valence-corrected chi connectivity index (χ1v) is 9.17. The van der Waals surface area contributed by atoms with Crippen LogP contribution in [0.25, 0.3) is 16.9 Å². The average molecular weight is 392 g/mol. The van der Waals surface area contributed by atoms with Crippen LogP contribution in [0.2, 0.25) is 0 Å². The van der Waals surface area contributed by atoms with Crippen molar-refractivity contribution in [3.63, 3.8) is 0 Å². The van der Waals surface area contributed by atoms with Crippen molar-refractivity contribution in [2.24, 2.45) is 0 Å². The first-order valence-electron chi connectivity index (χ1n) is 9.17. The van der Waals surface area contributed by atoms with E-state index in [1.807, 2.05) is 12.1 Å². The summed E-state index contributed by atoms with van der Waals surface area (Å²) in [6, 6.07) is 9.59. The molecule has 4 aromatic rings. The average Bonchev–Trinajstić information content (AvgIpc) is 3.12. The predicted molar refractivity (Wildman–Crippen MR) is 103 cm³/mol. The molecule has 146 valence electrons. The van der Waals surface area contributed by atoms with Gasteiger partial charge in [0, 0.05) is 31.0 Å². The summed E-state index contributed by atoms with van der Waals surface area (Å²) in [5, 5.41) is 4.54. The molecule has 29 heavy (non-hydrogen) atoms. The zero-order valence-corrected chi connectivity index (χ0v) is 15.3. The quantitative estimate of drug-likeness (QED) is 0.558. The molecule has 1 N–H and O–H groups in total. The van der Waals surface area contributed by atoms with Crippen LogP contribution < -0.4 is 10.3 Å². The van der Waals surface area contributed by atoms with Gasteiger partial charge in [0.2, 0.25) is 0 Å². The summed E-state index contributed by atoms with van der Waals surface area (Å²) in [4.78, 5) is 25.6. The Balaban J connectivity index is 1.33. The van der Waals surface area contributed by atoms with Gasteiger partial charge in [-0.25, -0.2) is 13.9 Å². The summed E-state index contributed by atoms with van der Waals surface area (Å²) >= 11 is 0. The normalized spacial score (nSPS) is 14.8. The molecule has 0 atom stereocenters. The second-order valence-corrected chi connectivity index (χ2v) is 6.90. The van der Waals surface area contributed by atoms with Crippen molar-refractivity contribution in [3.05, 3.63) is 77.0 Å². The number of ether oxygens (including phenoxy) is 1. The highest BCUT2D eigenvalue weighted by Gasteiger charge is 2.29. The molecule has 0 amide bonds. The fraction of sp³-hybridized carbons (Fsp3) is 0.200. The molecular formula is C20H17FN6O2. The summed E-state index contributed by atoms with van der Waals surface area (Å²) in [5.74, 6) is 1.49. The molecular weight excluding hydrogens is 375 g/mol. The summed E-state index contributed by atoms with van der Waals surface area (Å²) in [6.07, 6.45) is 4.95. The van der Waals surface area contributed by atoms with Crippen molar-refractivity contribution >= 4 is 5.52 Å². The topological polar surface area (TPSA) is 88.4 Å². The standard InChI is InChI=1S/C20H17FN6O2/c21-14-3-1-13(2-4-14)19-23-9-17-20(28)24-18(25-27(17)19)12-26-10-16(11-26)29-15-5-7-22-8-6-15/h1-9,16H,10-12H2,(H,24,25,28). The highest BCUT2D eigenvalue weighted by atomic mass is 19.1. The van der Waals surface area contributed by atoms with Gasteiger partial charge in [0.1, 0.15) is 23.5 Å². The SMILES string of the molecule is O=c1[nH]c(CN2CC(Oc3ccncc3)C2)nn2c(-c3ccc(F)cc3)ncc12. The van der Waals surface area contributed by atoms with Crippen LogP contribution in [-0.2, 0) is 6.54 Å². The lowest BCUT2D eigenvalue weighted by Crippen LogP contribution is -2.53. The molecule has 0 spiro atoms. The molecule has 9 heteroatoms. The zero-order chi connectivity index (χ0) is 19.8. The van der Waals surface area contributed by atoms with Crippen LogP contribution in [0.4, 0.5) is 4.39 Å². The molecule has 1 aromatic carbocycles. The van der Waals surface area contributed by atoms with Crippen LogP contribution >= 0.6 is 0 Å². The van der Waals surface area contributed by atoms with Crippen LogP contribution in [0.15, 0.2) is 59.8 Å². The Bertz CT molecular complexity index is 1200. The number of likely N-dealkylation sites (tertiary alicyclic amines) is 1. The minimum Gasteiger partial charge on any atom is -0.488 e. The Morgan fingerprint density at radius 1 is 1.14 bits per heavy atom. The summed E-state index contributed by atoms with van der Waals surface area (Å²) in [5.41, 5.74) is 0.766. The van der Waals surface area contributed by atoms with Crippen LogP contribution in [0, 0.1) is 5.82 Å². The molecule has 0 aliphatic carbocycles. The Kier molecular flexibility index (Phi) is 4.28. The third-order valence-corrected chi connectivity index (χ3v) is 4.80. The largest absolute Gasteiger partial charge is 0.488 e. The number of benzene rings is 1. The van der Waals surface area contributed by atoms with Gasteiger partial charge in [-0.1, -0.05) is 0 Å². The Morgan fingerprint density at radius 2 is 1.90 bits per heavy atom. The fourth-order valence-corrected chi connectivity index (χ4v) is 3.36. The molecule has 1 aliphatic rings. The number of aromatic nitrogens is 5. The minimum atomic E-state index is -0.331. The molecule has 8 nitrogen and oxygen atoms in total. The van der Waals surface area contributed by atoms with E-state index >= 15 is 0 Å².